The van der Waals surface area contributed by atoms with Gasteiger partial charge in [0.1, 0.15) is 5.82 Å². The van der Waals surface area contributed by atoms with Gasteiger partial charge < -0.3 is 0 Å². The van der Waals surface area contributed by atoms with E-state index in [1.807, 2.05) is 22.7 Å². The summed E-state index contributed by atoms with van der Waals surface area (Å²) in [6.45, 7) is 0. The van der Waals surface area contributed by atoms with Crippen molar-refractivity contribution in [1.82, 2.24) is 14.6 Å². The normalized spacial score (nSPS) is 18.1. The van der Waals surface area contributed by atoms with Crippen molar-refractivity contribution in [2.45, 2.75) is 38.0 Å². The number of nitrogens with zero attached hydrogens (tertiary/aromatic N) is 3. The molecule has 1 saturated carbocycles. The predicted octanol–water partition coefficient (Wildman–Crippen LogP) is 3.43. The van der Waals surface area contributed by atoms with Crippen LogP contribution in [0.25, 0.3) is 5.65 Å². The van der Waals surface area contributed by atoms with Crippen molar-refractivity contribution in [3.8, 4) is 0 Å². The maximum absolute atomic E-state index is 6.01. The Morgan fingerprint density at radius 3 is 2.75 bits per heavy atom. The SMILES string of the molecule is Clc1ccc2nnc(C3CCCCC3)n2c1. The van der Waals surface area contributed by atoms with Crippen molar-refractivity contribution in [3.05, 3.63) is 29.2 Å². The molecule has 0 N–H and O–H groups in total. The fraction of sp³-hybridized carbons (Fsp3) is 0.500. The van der Waals surface area contributed by atoms with E-state index in [0.29, 0.717) is 5.92 Å². The molecule has 4 heteroatoms. The summed E-state index contributed by atoms with van der Waals surface area (Å²) < 4.78 is 2.04. The van der Waals surface area contributed by atoms with Crippen molar-refractivity contribution in [3.63, 3.8) is 0 Å². The van der Waals surface area contributed by atoms with E-state index in [2.05, 4.69) is 10.2 Å². The van der Waals surface area contributed by atoms with Gasteiger partial charge in [-0.3, -0.25) is 4.40 Å². The van der Waals surface area contributed by atoms with E-state index in [1.165, 1.54) is 32.1 Å². The van der Waals surface area contributed by atoms with E-state index in [9.17, 15) is 0 Å². The number of hydrogen-bond donors (Lipinski definition) is 0. The molecule has 1 aliphatic carbocycles. The first-order chi connectivity index (χ1) is 7.84. The molecule has 1 aliphatic rings. The minimum absolute atomic E-state index is 0.558. The monoisotopic (exact) mass is 235 g/mol. The van der Waals surface area contributed by atoms with Gasteiger partial charge in [0, 0.05) is 12.1 Å². The first kappa shape index (κ1) is 10.1. The molecule has 0 atom stereocenters. The number of fused-ring (bicyclic) bond motifs is 1. The van der Waals surface area contributed by atoms with Crippen LogP contribution in [0, 0.1) is 0 Å². The maximum atomic E-state index is 6.01. The lowest BCUT2D eigenvalue weighted by atomic mass is 9.89. The van der Waals surface area contributed by atoms with E-state index in [-0.39, 0.29) is 0 Å². The van der Waals surface area contributed by atoms with Crippen LogP contribution < -0.4 is 0 Å². The lowest BCUT2D eigenvalue weighted by Crippen LogP contribution is -2.08. The lowest BCUT2D eigenvalue weighted by molar-refractivity contribution is 0.426. The minimum atomic E-state index is 0.558. The number of hydrogen-bond acceptors (Lipinski definition) is 2. The predicted molar refractivity (Wildman–Crippen MR) is 63.8 cm³/mol. The van der Waals surface area contributed by atoms with Crippen LogP contribution in [0.4, 0.5) is 0 Å². The molecule has 0 radical (unpaired) electrons. The average molecular weight is 236 g/mol. The molecule has 1 fully saturated rings. The molecule has 0 amide bonds. The summed E-state index contributed by atoms with van der Waals surface area (Å²) in [5, 5.41) is 9.24. The molecule has 0 aromatic carbocycles. The molecule has 2 heterocycles. The minimum Gasteiger partial charge on any atom is -0.285 e. The molecule has 84 valence electrons. The average Bonchev–Trinajstić information content (AvgIpc) is 2.73. The van der Waals surface area contributed by atoms with Crippen molar-refractivity contribution >= 4 is 17.2 Å². The Kier molecular flexibility index (Phi) is 2.56. The van der Waals surface area contributed by atoms with Crippen molar-refractivity contribution in [2.75, 3.05) is 0 Å². The number of pyridine rings is 1. The Morgan fingerprint density at radius 1 is 1.12 bits per heavy atom. The molecular formula is C12H14ClN3. The third kappa shape index (κ3) is 1.69. The maximum Gasteiger partial charge on any atom is 0.160 e. The van der Waals surface area contributed by atoms with Crippen LogP contribution in [0.5, 0.6) is 0 Å². The van der Waals surface area contributed by atoms with Gasteiger partial charge in [-0.15, -0.1) is 10.2 Å². The van der Waals surface area contributed by atoms with E-state index in [0.717, 1.165) is 16.5 Å². The Hall–Kier alpha value is -1.09. The van der Waals surface area contributed by atoms with Crippen LogP contribution >= 0.6 is 11.6 Å². The second kappa shape index (κ2) is 4.06. The Bertz CT molecular complexity index is 500. The Morgan fingerprint density at radius 2 is 1.94 bits per heavy atom. The molecule has 3 nitrogen and oxygen atoms in total. The van der Waals surface area contributed by atoms with Gasteiger partial charge in [0.2, 0.25) is 0 Å². The molecule has 0 bridgehead atoms. The Balaban J connectivity index is 2.05. The van der Waals surface area contributed by atoms with Gasteiger partial charge in [0.15, 0.2) is 5.65 Å². The van der Waals surface area contributed by atoms with Gasteiger partial charge in [-0.25, -0.2) is 0 Å². The summed E-state index contributed by atoms with van der Waals surface area (Å²) in [6.07, 6.45) is 8.34. The van der Waals surface area contributed by atoms with E-state index in [1.54, 1.807) is 0 Å². The zero-order valence-electron chi connectivity index (χ0n) is 9.06. The van der Waals surface area contributed by atoms with Gasteiger partial charge in [-0.05, 0) is 25.0 Å². The molecule has 2 aromatic rings. The van der Waals surface area contributed by atoms with E-state index in [4.69, 9.17) is 11.6 Å². The molecule has 16 heavy (non-hydrogen) atoms. The van der Waals surface area contributed by atoms with Gasteiger partial charge in [-0.2, -0.15) is 0 Å². The highest BCUT2D eigenvalue weighted by Crippen LogP contribution is 2.31. The van der Waals surface area contributed by atoms with Crippen LogP contribution in [0.1, 0.15) is 43.8 Å². The smallest absolute Gasteiger partial charge is 0.160 e. The van der Waals surface area contributed by atoms with Gasteiger partial charge in [0.25, 0.3) is 0 Å². The van der Waals surface area contributed by atoms with Crippen molar-refractivity contribution < 1.29 is 0 Å². The van der Waals surface area contributed by atoms with Crippen LogP contribution in [0.3, 0.4) is 0 Å². The molecular weight excluding hydrogens is 222 g/mol. The molecule has 2 aromatic heterocycles. The molecule has 3 rings (SSSR count). The van der Waals surface area contributed by atoms with Crippen LogP contribution in [0.15, 0.2) is 18.3 Å². The second-order valence-corrected chi connectivity index (χ2v) is 4.91. The summed E-state index contributed by atoms with van der Waals surface area (Å²) in [4.78, 5) is 0. The molecule has 0 aliphatic heterocycles. The summed E-state index contributed by atoms with van der Waals surface area (Å²) in [5.41, 5.74) is 0.893. The van der Waals surface area contributed by atoms with Gasteiger partial charge in [-0.1, -0.05) is 30.9 Å². The fourth-order valence-electron chi connectivity index (χ4n) is 2.52. The van der Waals surface area contributed by atoms with Crippen LogP contribution in [-0.4, -0.2) is 14.6 Å². The van der Waals surface area contributed by atoms with Crippen molar-refractivity contribution in [2.24, 2.45) is 0 Å². The first-order valence-corrected chi connectivity index (χ1v) is 6.22. The van der Waals surface area contributed by atoms with Crippen LogP contribution in [-0.2, 0) is 0 Å². The summed E-state index contributed by atoms with van der Waals surface area (Å²) in [7, 11) is 0. The third-order valence-electron chi connectivity index (χ3n) is 3.36. The first-order valence-electron chi connectivity index (χ1n) is 5.85. The summed E-state index contributed by atoms with van der Waals surface area (Å²) in [5.74, 6) is 1.64. The van der Waals surface area contributed by atoms with Crippen molar-refractivity contribution in [1.29, 1.82) is 0 Å². The molecule has 0 unspecified atom stereocenters. The number of rotatable bonds is 1. The number of aromatic nitrogens is 3. The van der Waals surface area contributed by atoms with E-state index < -0.39 is 0 Å². The fourth-order valence-corrected chi connectivity index (χ4v) is 2.68. The van der Waals surface area contributed by atoms with E-state index >= 15 is 0 Å². The zero-order valence-corrected chi connectivity index (χ0v) is 9.82. The third-order valence-corrected chi connectivity index (χ3v) is 3.59. The highest BCUT2D eigenvalue weighted by molar-refractivity contribution is 6.30. The molecule has 0 saturated heterocycles. The topological polar surface area (TPSA) is 30.2 Å². The largest absolute Gasteiger partial charge is 0.285 e. The second-order valence-electron chi connectivity index (χ2n) is 4.47. The highest BCUT2D eigenvalue weighted by Gasteiger charge is 2.20. The number of halogens is 1. The molecule has 0 spiro atoms. The zero-order chi connectivity index (χ0) is 11.0. The Labute approximate surface area is 99.4 Å². The quantitative estimate of drug-likeness (QED) is 0.758. The lowest BCUT2D eigenvalue weighted by Gasteiger charge is -2.19. The highest BCUT2D eigenvalue weighted by atomic mass is 35.5. The van der Waals surface area contributed by atoms with Gasteiger partial charge in [0.05, 0.1) is 5.02 Å². The van der Waals surface area contributed by atoms with Crippen LogP contribution in [0.2, 0.25) is 5.02 Å². The van der Waals surface area contributed by atoms with Gasteiger partial charge >= 0.3 is 0 Å². The summed E-state index contributed by atoms with van der Waals surface area (Å²) >= 11 is 6.01. The standard InChI is InChI=1S/C12H14ClN3/c13-10-6-7-11-14-15-12(16(11)8-10)9-4-2-1-3-5-9/h6-9H,1-5H2. The summed E-state index contributed by atoms with van der Waals surface area (Å²) in [6, 6.07) is 3.78.